The molecule has 1 aliphatic rings. The number of thiophene rings is 1. The predicted octanol–water partition coefficient (Wildman–Crippen LogP) is 3.78. The van der Waals surface area contributed by atoms with Crippen LogP contribution in [0.5, 0.6) is 0 Å². The molecule has 0 radical (unpaired) electrons. The number of nitrogens with one attached hydrogen (secondary N) is 1. The summed E-state index contributed by atoms with van der Waals surface area (Å²) in [5.74, 6) is 0.783. The standard InChI is InChI=1S/C15H20N2OS/c1-2-16-9-12-10-18-15(17-12)14-8-11-6-4-3-5-7-13(11)19-14/h8,10,16H,2-7,9H2,1H3. The average molecular weight is 276 g/mol. The van der Waals surface area contributed by atoms with Crippen molar-refractivity contribution >= 4 is 11.3 Å². The summed E-state index contributed by atoms with van der Waals surface area (Å²) in [6.07, 6.45) is 8.22. The molecule has 0 spiro atoms. The molecular weight excluding hydrogens is 256 g/mol. The van der Waals surface area contributed by atoms with Gasteiger partial charge in [0.15, 0.2) is 0 Å². The number of nitrogens with zero attached hydrogens (tertiary/aromatic N) is 1. The van der Waals surface area contributed by atoms with Gasteiger partial charge in [0.05, 0.1) is 10.6 Å². The van der Waals surface area contributed by atoms with Crippen molar-refractivity contribution in [3.8, 4) is 10.8 Å². The van der Waals surface area contributed by atoms with Crippen LogP contribution in [0.3, 0.4) is 0 Å². The molecule has 0 aromatic carbocycles. The third-order valence-corrected chi connectivity index (χ3v) is 4.79. The summed E-state index contributed by atoms with van der Waals surface area (Å²) in [5.41, 5.74) is 2.50. The van der Waals surface area contributed by atoms with Crippen LogP contribution in [0.15, 0.2) is 16.7 Å². The van der Waals surface area contributed by atoms with Crippen molar-refractivity contribution in [3.05, 3.63) is 28.5 Å². The number of hydrogen-bond donors (Lipinski definition) is 1. The van der Waals surface area contributed by atoms with Crippen LogP contribution in [0.1, 0.15) is 42.3 Å². The van der Waals surface area contributed by atoms with E-state index in [-0.39, 0.29) is 0 Å². The Morgan fingerprint density at radius 1 is 1.32 bits per heavy atom. The first-order valence-electron chi connectivity index (χ1n) is 7.14. The van der Waals surface area contributed by atoms with Crippen LogP contribution in [0.25, 0.3) is 10.8 Å². The highest BCUT2D eigenvalue weighted by Crippen LogP contribution is 2.34. The Balaban J connectivity index is 1.80. The molecule has 3 rings (SSSR count). The second-order valence-electron chi connectivity index (χ2n) is 5.04. The first-order chi connectivity index (χ1) is 9.36. The number of hydrogen-bond acceptors (Lipinski definition) is 4. The molecule has 0 saturated heterocycles. The number of aryl methyl sites for hydroxylation is 2. The van der Waals surface area contributed by atoms with Crippen molar-refractivity contribution in [2.75, 3.05) is 6.54 Å². The second kappa shape index (κ2) is 5.88. The molecule has 1 aliphatic carbocycles. The fourth-order valence-corrected chi connectivity index (χ4v) is 3.71. The molecule has 0 unspecified atom stereocenters. The Bertz CT molecular complexity index is 521. The third kappa shape index (κ3) is 2.90. The van der Waals surface area contributed by atoms with Crippen LogP contribution in [0.2, 0.25) is 0 Å². The predicted molar refractivity (Wildman–Crippen MR) is 78.5 cm³/mol. The molecule has 4 heteroatoms. The lowest BCUT2D eigenvalue weighted by molar-refractivity contribution is 0.572. The summed E-state index contributed by atoms with van der Waals surface area (Å²) < 4.78 is 5.62. The largest absolute Gasteiger partial charge is 0.444 e. The Hall–Kier alpha value is -1.13. The van der Waals surface area contributed by atoms with E-state index in [1.807, 2.05) is 11.3 Å². The molecule has 0 saturated carbocycles. The summed E-state index contributed by atoms with van der Waals surface area (Å²) in [7, 11) is 0. The van der Waals surface area contributed by atoms with E-state index in [0.717, 1.165) is 24.7 Å². The fraction of sp³-hybridized carbons (Fsp3) is 0.533. The fourth-order valence-electron chi connectivity index (χ4n) is 2.53. The molecular formula is C15H20N2OS. The van der Waals surface area contributed by atoms with Gasteiger partial charge in [0.1, 0.15) is 6.26 Å². The Labute approximate surface area is 118 Å². The smallest absolute Gasteiger partial charge is 0.236 e. The number of rotatable bonds is 4. The van der Waals surface area contributed by atoms with Crippen molar-refractivity contribution in [1.29, 1.82) is 0 Å². The summed E-state index contributed by atoms with van der Waals surface area (Å²) in [6, 6.07) is 2.29. The summed E-state index contributed by atoms with van der Waals surface area (Å²) >= 11 is 1.86. The molecule has 0 atom stereocenters. The monoisotopic (exact) mass is 276 g/mol. The van der Waals surface area contributed by atoms with Crippen LogP contribution in [-0.2, 0) is 19.4 Å². The van der Waals surface area contributed by atoms with E-state index in [4.69, 9.17) is 4.42 Å². The number of fused-ring (bicyclic) bond motifs is 1. The van der Waals surface area contributed by atoms with Gasteiger partial charge >= 0.3 is 0 Å². The van der Waals surface area contributed by atoms with E-state index < -0.39 is 0 Å². The topological polar surface area (TPSA) is 38.1 Å². The molecule has 0 bridgehead atoms. The van der Waals surface area contributed by atoms with E-state index in [9.17, 15) is 0 Å². The Morgan fingerprint density at radius 3 is 3.11 bits per heavy atom. The summed E-state index contributed by atoms with van der Waals surface area (Å²) in [6.45, 7) is 3.83. The maximum absolute atomic E-state index is 5.62. The molecule has 19 heavy (non-hydrogen) atoms. The molecule has 2 heterocycles. The van der Waals surface area contributed by atoms with Crippen molar-refractivity contribution in [2.24, 2.45) is 0 Å². The Morgan fingerprint density at radius 2 is 2.21 bits per heavy atom. The van der Waals surface area contributed by atoms with Gasteiger partial charge in [0.25, 0.3) is 0 Å². The minimum Gasteiger partial charge on any atom is -0.444 e. The number of oxazole rings is 1. The van der Waals surface area contributed by atoms with Crippen molar-refractivity contribution in [2.45, 2.75) is 45.6 Å². The zero-order chi connectivity index (χ0) is 13.1. The molecule has 2 aromatic rings. The van der Waals surface area contributed by atoms with Crippen molar-refractivity contribution < 1.29 is 4.42 Å². The molecule has 0 fully saturated rings. The summed E-state index contributed by atoms with van der Waals surface area (Å²) in [4.78, 5) is 7.30. The van der Waals surface area contributed by atoms with E-state index in [1.54, 1.807) is 11.1 Å². The van der Waals surface area contributed by atoms with E-state index in [2.05, 4.69) is 23.3 Å². The maximum Gasteiger partial charge on any atom is 0.236 e. The highest BCUT2D eigenvalue weighted by Gasteiger charge is 2.16. The van der Waals surface area contributed by atoms with Gasteiger partial charge in [-0.2, -0.15) is 0 Å². The highest BCUT2D eigenvalue weighted by molar-refractivity contribution is 7.15. The van der Waals surface area contributed by atoms with E-state index in [1.165, 1.54) is 42.5 Å². The van der Waals surface area contributed by atoms with Gasteiger partial charge in [-0.25, -0.2) is 4.98 Å². The Kier molecular flexibility index (Phi) is 3.99. The van der Waals surface area contributed by atoms with Crippen LogP contribution in [-0.4, -0.2) is 11.5 Å². The second-order valence-corrected chi connectivity index (χ2v) is 6.18. The highest BCUT2D eigenvalue weighted by atomic mass is 32.1. The lowest BCUT2D eigenvalue weighted by atomic mass is 10.1. The lowest BCUT2D eigenvalue weighted by Gasteiger charge is -1.94. The number of aromatic nitrogens is 1. The van der Waals surface area contributed by atoms with Crippen molar-refractivity contribution in [1.82, 2.24) is 10.3 Å². The molecule has 1 N–H and O–H groups in total. The van der Waals surface area contributed by atoms with Gasteiger partial charge in [-0.05, 0) is 43.9 Å². The molecule has 3 nitrogen and oxygen atoms in total. The first-order valence-corrected chi connectivity index (χ1v) is 7.95. The van der Waals surface area contributed by atoms with E-state index >= 15 is 0 Å². The molecule has 0 amide bonds. The molecule has 102 valence electrons. The summed E-state index contributed by atoms with van der Waals surface area (Å²) in [5, 5.41) is 3.27. The first kappa shape index (κ1) is 12.9. The van der Waals surface area contributed by atoms with Gasteiger partial charge in [-0.1, -0.05) is 13.3 Å². The normalized spacial score (nSPS) is 15.2. The minimum atomic E-state index is 0.783. The van der Waals surface area contributed by atoms with Gasteiger partial charge < -0.3 is 9.73 Å². The third-order valence-electron chi connectivity index (χ3n) is 3.57. The van der Waals surface area contributed by atoms with Crippen LogP contribution in [0.4, 0.5) is 0 Å². The van der Waals surface area contributed by atoms with Crippen LogP contribution >= 0.6 is 11.3 Å². The van der Waals surface area contributed by atoms with Gasteiger partial charge in [-0.15, -0.1) is 11.3 Å². The zero-order valence-electron chi connectivity index (χ0n) is 11.4. The SMILES string of the molecule is CCNCc1coc(-c2cc3c(s2)CCCCC3)n1. The van der Waals surface area contributed by atoms with Crippen LogP contribution in [0, 0.1) is 0 Å². The van der Waals surface area contributed by atoms with Gasteiger partial charge in [0.2, 0.25) is 5.89 Å². The lowest BCUT2D eigenvalue weighted by Crippen LogP contribution is -2.11. The molecule has 0 aliphatic heterocycles. The minimum absolute atomic E-state index is 0.783. The van der Waals surface area contributed by atoms with Crippen molar-refractivity contribution in [3.63, 3.8) is 0 Å². The molecule has 2 aromatic heterocycles. The maximum atomic E-state index is 5.62. The quantitative estimate of drug-likeness (QED) is 0.864. The van der Waals surface area contributed by atoms with Gasteiger partial charge in [-0.3, -0.25) is 0 Å². The zero-order valence-corrected chi connectivity index (χ0v) is 12.2. The average Bonchev–Trinajstić information content (AvgIpc) is 2.99. The van der Waals surface area contributed by atoms with Crippen LogP contribution < -0.4 is 5.32 Å². The van der Waals surface area contributed by atoms with E-state index in [0.29, 0.717) is 0 Å². The van der Waals surface area contributed by atoms with Gasteiger partial charge in [0, 0.05) is 11.4 Å².